The van der Waals surface area contributed by atoms with Gasteiger partial charge in [0.2, 0.25) is 5.91 Å². The number of amides is 1. The quantitative estimate of drug-likeness (QED) is 0.849. The Morgan fingerprint density at radius 3 is 2.64 bits per heavy atom. The third kappa shape index (κ3) is 4.47. The van der Waals surface area contributed by atoms with Crippen molar-refractivity contribution >= 4 is 5.91 Å². The molecular weight excluding hydrogens is 276 g/mol. The molecule has 3 atom stereocenters. The van der Waals surface area contributed by atoms with Crippen LogP contribution in [0.25, 0.3) is 0 Å². The average Bonchev–Trinajstić information content (AvgIpc) is 2.83. The van der Waals surface area contributed by atoms with Crippen LogP contribution in [0.5, 0.6) is 5.75 Å². The lowest BCUT2D eigenvalue weighted by Gasteiger charge is -2.19. The fourth-order valence-electron chi connectivity index (χ4n) is 3.17. The van der Waals surface area contributed by atoms with E-state index in [0.29, 0.717) is 18.9 Å². The number of hydrogen-bond donors (Lipinski definition) is 2. The van der Waals surface area contributed by atoms with E-state index < -0.39 is 0 Å². The second-order valence-electron chi connectivity index (χ2n) is 6.56. The van der Waals surface area contributed by atoms with E-state index in [1.807, 2.05) is 39.0 Å². The van der Waals surface area contributed by atoms with E-state index in [2.05, 4.69) is 5.32 Å². The molecule has 0 heterocycles. The maximum Gasteiger partial charge on any atom is 0.220 e. The SMILES string of the molecule is Cc1cccc(C)c1OCC(C)NC(=O)C[C@@H]1CCC[C@H]1N. The Labute approximate surface area is 133 Å². The van der Waals surface area contributed by atoms with E-state index >= 15 is 0 Å². The summed E-state index contributed by atoms with van der Waals surface area (Å²) in [7, 11) is 0. The number of benzene rings is 1. The Kier molecular flexibility index (Phi) is 5.83. The Bertz CT molecular complexity index is 496. The Morgan fingerprint density at radius 1 is 1.36 bits per heavy atom. The van der Waals surface area contributed by atoms with Gasteiger partial charge in [0, 0.05) is 12.5 Å². The van der Waals surface area contributed by atoms with Gasteiger partial charge in [-0.3, -0.25) is 4.79 Å². The second-order valence-corrected chi connectivity index (χ2v) is 6.56. The van der Waals surface area contributed by atoms with Gasteiger partial charge in [0.1, 0.15) is 12.4 Å². The largest absolute Gasteiger partial charge is 0.491 e. The van der Waals surface area contributed by atoms with Crippen LogP contribution in [0.4, 0.5) is 0 Å². The molecule has 3 N–H and O–H groups in total. The Morgan fingerprint density at radius 2 is 2.05 bits per heavy atom. The normalized spacial score (nSPS) is 22.4. The highest BCUT2D eigenvalue weighted by Crippen LogP contribution is 2.26. The molecule has 0 aliphatic heterocycles. The smallest absolute Gasteiger partial charge is 0.220 e. The topological polar surface area (TPSA) is 64.3 Å². The van der Waals surface area contributed by atoms with E-state index in [1.54, 1.807) is 0 Å². The molecular formula is C18H28N2O2. The number of nitrogens with two attached hydrogens (primary N) is 1. The molecule has 2 rings (SSSR count). The molecule has 1 saturated carbocycles. The summed E-state index contributed by atoms with van der Waals surface area (Å²) in [6.45, 7) is 6.52. The number of carbonyl (C=O) groups is 1. The summed E-state index contributed by atoms with van der Waals surface area (Å²) in [6.07, 6.45) is 3.80. The van der Waals surface area contributed by atoms with Gasteiger partial charge in [-0.2, -0.15) is 0 Å². The van der Waals surface area contributed by atoms with Crippen molar-refractivity contribution in [1.82, 2.24) is 5.32 Å². The van der Waals surface area contributed by atoms with Crippen LogP contribution in [0.1, 0.15) is 43.7 Å². The van der Waals surface area contributed by atoms with E-state index in [0.717, 1.165) is 36.1 Å². The van der Waals surface area contributed by atoms with Crippen molar-refractivity contribution in [3.8, 4) is 5.75 Å². The summed E-state index contributed by atoms with van der Waals surface area (Å²) < 4.78 is 5.88. The fraction of sp³-hybridized carbons (Fsp3) is 0.611. The zero-order valence-electron chi connectivity index (χ0n) is 13.9. The highest BCUT2D eigenvalue weighted by molar-refractivity contribution is 5.76. The average molecular weight is 304 g/mol. The van der Waals surface area contributed by atoms with Gasteiger partial charge >= 0.3 is 0 Å². The Balaban J connectivity index is 1.78. The monoisotopic (exact) mass is 304 g/mol. The lowest BCUT2D eigenvalue weighted by molar-refractivity contribution is -0.122. The third-order valence-corrected chi connectivity index (χ3v) is 4.46. The van der Waals surface area contributed by atoms with Crippen molar-refractivity contribution in [3.05, 3.63) is 29.3 Å². The molecule has 4 heteroatoms. The molecule has 1 unspecified atom stereocenters. The molecule has 0 spiro atoms. The van der Waals surface area contributed by atoms with E-state index in [-0.39, 0.29) is 18.0 Å². The van der Waals surface area contributed by atoms with Crippen LogP contribution in [0.2, 0.25) is 0 Å². The minimum Gasteiger partial charge on any atom is -0.491 e. The van der Waals surface area contributed by atoms with Crippen LogP contribution in [0, 0.1) is 19.8 Å². The highest BCUT2D eigenvalue weighted by atomic mass is 16.5. The summed E-state index contributed by atoms with van der Waals surface area (Å²) in [6, 6.07) is 6.27. The van der Waals surface area contributed by atoms with Crippen LogP contribution in [-0.2, 0) is 4.79 Å². The van der Waals surface area contributed by atoms with Gasteiger partial charge in [0.05, 0.1) is 6.04 Å². The fourth-order valence-corrected chi connectivity index (χ4v) is 3.17. The van der Waals surface area contributed by atoms with Crippen molar-refractivity contribution in [2.75, 3.05) is 6.61 Å². The first-order valence-corrected chi connectivity index (χ1v) is 8.21. The summed E-state index contributed by atoms with van der Waals surface area (Å²) in [5.41, 5.74) is 8.26. The van der Waals surface area contributed by atoms with Crippen LogP contribution >= 0.6 is 0 Å². The first kappa shape index (κ1) is 16.8. The van der Waals surface area contributed by atoms with Gasteiger partial charge in [-0.05, 0) is 50.7 Å². The van der Waals surface area contributed by atoms with Crippen LogP contribution in [-0.4, -0.2) is 24.6 Å². The second kappa shape index (κ2) is 7.63. The molecule has 22 heavy (non-hydrogen) atoms. The van der Waals surface area contributed by atoms with Gasteiger partial charge < -0.3 is 15.8 Å². The summed E-state index contributed by atoms with van der Waals surface area (Å²) >= 11 is 0. The molecule has 1 fully saturated rings. The lowest BCUT2D eigenvalue weighted by Crippen LogP contribution is -2.39. The summed E-state index contributed by atoms with van der Waals surface area (Å²) in [4.78, 5) is 12.1. The predicted molar refractivity (Wildman–Crippen MR) is 88.9 cm³/mol. The van der Waals surface area contributed by atoms with Crippen LogP contribution in [0.3, 0.4) is 0 Å². The van der Waals surface area contributed by atoms with Gasteiger partial charge in [0.15, 0.2) is 0 Å². The lowest BCUT2D eigenvalue weighted by atomic mass is 10.00. The molecule has 0 saturated heterocycles. The maximum absolute atomic E-state index is 12.1. The number of rotatable bonds is 6. The number of ether oxygens (including phenoxy) is 1. The molecule has 1 aliphatic rings. The van der Waals surface area contributed by atoms with Crippen molar-refractivity contribution < 1.29 is 9.53 Å². The number of nitrogens with one attached hydrogen (secondary N) is 1. The summed E-state index contributed by atoms with van der Waals surface area (Å²) in [5.74, 6) is 1.34. The van der Waals surface area contributed by atoms with E-state index in [9.17, 15) is 4.79 Å². The summed E-state index contributed by atoms with van der Waals surface area (Å²) in [5, 5.41) is 3.02. The van der Waals surface area contributed by atoms with Crippen molar-refractivity contribution in [1.29, 1.82) is 0 Å². The molecule has 1 amide bonds. The first-order chi connectivity index (χ1) is 10.5. The Hall–Kier alpha value is -1.55. The van der Waals surface area contributed by atoms with Crippen LogP contribution in [0.15, 0.2) is 18.2 Å². The molecule has 0 bridgehead atoms. The molecule has 4 nitrogen and oxygen atoms in total. The molecule has 122 valence electrons. The third-order valence-electron chi connectivity index (χ3n) is 4.46. The number of para-hydroxylation sites is 1. The molecule has 1 aromatic rings. The van der Waals surface area contributed by atoms with E-state index in [1.165, 1.54) is 0 Å². The molecule has 1 aromatic carbocycles. The van der Waals surface area contributed by atoms with Gasteiger partial charge in [-0.1, -0.05) is 24.6 Å². The van der Waals surface area contributed by atoms with E-state index in [4.69, 9.17) is 10.5 Å². The predicted octanol–water partition coefficient (Wildman–Crippen LogP) is 2.70. The van der Waals surface area contributed by atoms with Crippen molar-refractivity contribution in [2.24, 2.45) is 11.7 Å². The minimum absolute atomic E-state index is 0.0101. The zero-order valence-corrected chi connectivity index (χ0v) is 13.9. The van der Waals surface area contributed by atoms with Crippen LogP contribution < -0.4 is 15.8 Å². The zero-order chi connectivity index (χ0) is 16.1. The number of aryl methyl sites for hydroxylation is 2. The van der Waals surface area contributed by atoms with Crippen molar-refractivity contribution in [2.45, 2.75) is 58.5 Å². The first-order valence-electron chi connectivity index (χ1n) is 8.21. The number of hydrogen-bond acceptors (Lipinski definition) is 3. The van der Waals surface area contributed by atoms with Gasteiger partial charge in [0.25, 0.3) is 0 Å². The molecule has 0 aromatic heterocycles. The standard InChI is InChI=1S/C18H28N2O2/c1-12-6-4-7-13(2)18(12)22-11-14(3)20-17(21)10-15-8-5-9-16(15)19/h4,6-7,14-16H,5,8-11,19H2,1-3H3,(H,20,21)/t14?,15-,16+/m0/s1. The number of carbonyl (C=O) groups excluding carboxylic acids is 1. The molecule has 1 aliphatic carbocycles. The molecule has 0 radical (unpaired) electrons. The maximum atomic E-state index is 12.1. The van der Waals surface area contributed by atoms with Crippen molar-refractivity contribution in [3.63, 3.8) is 0 Å². The highest BCUT2D eigenvalue weighted by Gasteiger charge is 2.26. The van der Waals surface area contributed by atoms with Gasteiger partial charge in [-0.25, -0.2) is 0 Å². The van der Waals surface area contributed by atoms with Gasteiger partial charge in [-0.15, -0.1) is 0 Å². The minimum atomic E-state index is -0.0101.